The van der Waals surface area contributed by atoms with E-state index in [1.165, 1.54) is 29.7 Å². The summed E-state index contributed by atoms with van der Waals surface area (Å²) in [6, 6.07) is 18.9. The molecule has 4 rings (SSSR count). The van der Waals surface area contributed by atoms with Crippen LogP contribution >= 0.6 is 11.3 Å². The molecule has 0 unspecified atom stereocenters. The van der Waals surface area contributed by atoms with Crippen molar-refractivity contribution < 1.29 is 18.4 Å². The number of carbonyl (C=O) groups is 2. The van der Waals surface area contributed by atoms with E-state index >= 15 is 0 Å². The van der Waals surface area contributed by atoms with Crippen LogP contribution in [0.4, 0.5) is 9.52 Å². The Kier molecular flexibility index (Phi) is 6.72. The Morgan fingerprint density at radius 1 is 1.03 bits per heavy atom. The molecule has 0 aliphatic rings. The minimum Gasteiger partial charge on any atom is -0.459 e. The van der Waals surface area contributed by atoms with Gasteiger partial charge in [0.25, 0.3) is 5.91 Å². The Morgan fingerprint density at radius 3 is 2.53 bits per heavy atom. The van der Waals surface area contributed by atoms with Crippen molar-refractivity contribution in [1.82, 2.24) is 10.3 Å². The van der Waals surface area contributed by atoms with E-state index in [9.17, 15) is 14.0 Å². The standard InChI is InChI=1S/C24H20FN3O3S/c25-19-10-8-17(9-11-19)15-28(22(29)12-13-26-23(30)21-7-4-14-31-21)24-27-20(16-32-24)18-5-2-1-3-6-18/h1-11,14,16H,12-13,15H2,(H,26,30). The predicted octanol–water partition coefficient (Wildman–Crippen LogP) is 4.90. The average molecular weight is 450 g/mol. The lowest BCUT2D eigenvalue weighted by Crippen LogP contribution is -2.34. The number of anilines is 1. The van der Waals surface area contributed by atoms with Crippen molar-refractivity contribution in [3.05, 3.63) is 95.5 Å². The molecular formula is C24H20FN3O3S. The molecule has 0 aliphatic heterocycles. The molecule has 4 aromatic rings. The van der Waals surface area contributed by atoms with Gasteiger partial charge in [-0.25, -0.2) is 9.37 Å². The Balaban J connectivity index is 1.49. The number of halogens is 1. The first-order chi connectivity index (χ1) is 15.6. The first kappa shape index (κ1) is 21.5. The van der Waals surface area contributed by atoms with Gasteiger partial charge >= 0.3 is 0 Å². The van der Waals surface area contributed by atoms with Gasteiger partial charge in [0.05, 0.1) is 18.5 Å². The summed E-state index contributed by atoms with van der Waals surface area (Å²) in [6.07, 6.45) is 1.49. The first-order valence-electron chi connectivity index (χ1n) is 9.97. The molecule has 1 N–H and O–H groups in total. The molecule has 0 bridgehead atoms. The SMILES string of the molecule is O=C(NCCC(=O)N(Cc1ccc(F)cc1)c1nc(-c2ccccc2)cs1)c1ccco1. The molecule has 2 aromatic carbocycles. The van der Waals surface area contributed by atoms with Gasteiger partial charge in [-0.15, -0.1) is 11.3 Å². The second-order valence-electron chi connectivity index (χ2n) is 6.97. The zero-order valence-electron chi connectivity index (χ0n) is 17.0. The van der Waals surface area contributed by atoms with Gasteiger partial charge < -0.3 is 9.73 Å². The Morgan fingerprint density at radius 2 is 1.81 bits per heavy atom. The minimum absolute atomic E-state index is 0.0773. The van der Waals surface area contributed by atoms with E-state index in [-0.39, 0.29) is 42.9 Å². The number of benzene rings is 2. The maximum Gasteiger partial charge on any atom is 0.286 e. The number of carbonyl (C=O) groups excluding carboxylic acids is 2. The number of amides is 2. The molecule has 0 radical (unpaired) electrons. The van der Waals surface area contributed by atoms with E-state index in [4.69, 9.17) is 4.42 Å². The number of aromatic nitrogens is 1. The fraction of sp³-hybridized carbons (Fsp3) is 0.125. The summed E-state index contributed by atoms with van der Waals surface area (Å²) < 4.78 is 18.4. The van der Waals surface area contributed by atoms with E-state index in [1.54, 1.807) is 29.2 Å². The predicted molar refractivity (Wildman–Crippen MR) is 121 cm³/mol. The van der Waals surface area contributed by atoms with Crippen LogP contribution < -0.4 is 10.2 Å². The van der Waals surface area contributed by atoms with Crippen LogP contribution in [0.15, 0.2) is 82.8 Å². The number of nitrogens with one attached hydrogen (secondary N) is 1. The largest absolute Gasteiger partial charge is 0.459 e. The summed E-state index contributed by atoms with van der Waals surface area (Å²) in [5.74, 6) is -0.738. The van der Waals surface area contributed by atoms with Crippen LogP contribution in [0.2, 0.25) is 0 Å². The second-order valence-corrected chi connectivity index (χ2v) is 7.81. The lowest BCUT2D eigenvalue weighted by molar-refractivity contribution is -0.118. The van der Waals surface area contributed by atoms with Gasteiger partial charge in [-0.05, 0) is 29.8 Å². The van der Waals surface area contributed by atoms with Crippen LogP contribution in [-0.2, 0) is 11.3 Å². The summed E-state index contributed by atoms with van der Waals surface area (Å²) in [7, 11) is 0. The van der Waals surface area contributed by atoms with Gasteiger partial charge in [-0.3, -0.25) is 14.5 Å². The third kappa shape index (κ3) is 5.28. The molecule has 0 fully saturated rings. The highest BCUT2D eigenvalue weighted by Crippen LogP contribution is 2.29. The molecule has 2 amide bonds. The number of hydrogen-bond acceptors (Lipinski definition) is 5. The fourth-order valence-electron chi connectivity index (χ4n) is 3.08. The molecular weight excluding hydrogens is 429 g/mol. The summed E-state index contributed by atoms with van der Waals surface area (Å²) in [5, 5.41) is 5.11. The number of furan rings is 1. The van der Waals surface area contributed by atoms with Gasteiger partial charge in [-0.1, -0.05) is 42.5 Å². The minimum atomic E-state index is -0.381. The summed E-state index contributed by atoms with van der Waals surface area (Å²) in [5.41, 5.74) is 2.50. The third-order valence-electron chi connectivity index (χ3n) is 4.72. The van der Waals surface area contributed by atoms with Gasteiger partial charge in [0.1, 0.15) is 5.82 Å². The summed E-state index contributed by atoms with van der Waals surface area (Å²) in [4.78, 5) is 31.3. The second kappa shape index (κ2) is 10.0. The van der Waals surface area contributed by atoms with Gasteiger partial charge in [0.2, 0.25) is 5.91 Å². The maximum absolute atomic E-state index is 13.3. The van der Waals surface area contributed by atoms with Crippen molar-refractivity contribution in [2.24, 2.45) is 0 Å². The van der Waals surface area contributed by atoms with Crippen molar-refractivity contribution in [3.63, 3.8) is 0 Å². The van der Waals surface area contributed by atoms with Crippen molar-refractivity contribution in [3.8, 4) is 11.3 Å². The van der Waals surface area contributed by atoms with Crippen LogP contribution in [0.3, 0.4) is 0 Å². The maximum atomic E-state index is 13.3. The smallest absolute Gasteiger partial charge is 0.286 e. The van der Waals surface area contributed by atoms with E-state index < -0.39 is 0 Å². The van der Waals surface area contributed by atoms with Crippen molar-refractivity contribution in [2.75, 3.05) is 11.4 Å². The van der Waals surface area contributed by atoms with Crippen molar-refractivity contribution >= 4 is 28.3 Å². The number of thiazole rings is 1. The van der Waals surface area contributed by atoms with Gasteiger partial charge in [0, 0.05) is 23.9 Å². The molecule has 2 heterocycles. The Bertz CT molecular complexity index is 1170. The Hall–Kier alpha value is -3.78. The zero-order valence-corrected chi connectivity index (χ0v) is 17.8. The van der Waals surface area contributed by atoms with Crippen LogP contribution in [0, 0.1) is 5.82 Å². The third-order valence-corrected chi connectivity index (χ3v) is 5.58. The van der Waals surface area contributed by atoms with Crippen LogP contribution in [0.25, 0.3) is 11.3 Å². The van der Waals surface area contributed by atoms with Gasteiger partial charge in [-0.2, -0.15) is 0 Å². The fourth-order valence-corrected chi connectivity index (χ4v) is 3.93. The topological polar surface area (TPSA) is 75.4 Å². The average Bonchev–Trinajstić information content (AvgIpc) is 3.52. The molecule has 162 valence electrons. The highest BCUT2D eigenvalue weighted by molar-refractivity contribution is 7.14. The molecule has 8 heteroatoms. The highest BCUT2D eigenvalue weighted by atomic mass is 32.1. The van der Waals surface area contributed by atoms with E-state index in [2.05, 4.69) is 10.3 Å². The summed E-state index contributed by atoms with van der Waals surface area (Å²) in [6.45, 7) is 0.391. The lowest BCUT2D eigenvalue weighted by atomic mass is 10.2. The monoisotopic (exact) mass is 449 g/mol. The Labute approximate surface area is 188 Å². The molecule has 0 atom stereocenters. The molecule has 0 spiro atoms. The van der Waals surface area contributed by atoms with E-state index in [1.807, 2.05) is 35.7 Å². The highest BCUT2D eigenvalue weighted by Gasteiger charge is 2.20. The summed E-state index contributed by atoms with van der Waals surface area (Å²) >= 11 is 1.36. The molecule has 6 nitrogen and oxygen atoms in total. The van der Waals surface area contributed by atoms with E-state index in [0.29, 0.717) is 5.13 Å². The van der Waals surface area contributed by atoms with Crippen molar-refractivity contribution in [2.45, 2.75) is 13.0 Å². The molecule has 0 aliphatic carbocycles. The first-order valence-corrected chi connectivity index (χ1v) is 10.9. The normalized spacial score (nSPS) is 10.7. The molecule has 32 heavy (non-hydrogen) atoms. The van der Waals surface area contributed by atoms with Crippen LogP contribution in [0.1, 0.15) is 22.5 Å². The van der Waals surface area contributed by atoms with E-state index in [0.717, 1.165) is 16.8 Å². The number of nitrogens with zero attached hydrogens (tertiary/aromatic N) is 2. The number of rotatable bonds is 8. The molecule has 0 saturated carbocycles. The van der Waals surface area contributed by atoms with Crippen LogP contribution in [-0.4, -0.2) is 23.3 Å². The van der Waals surface area contributed by atoms with Crippen LogP contribution in [0.5, 0.6) is 0 Å². The number of hydrogen-bond donors (Lipinski definition) is 1. The lowest BCUT2D eigenvalue weighted by Gasteiger charge is -2.20. The zero-order chi connectivity index (χ0) is 22.3. The molecule has 2 aromatic heterocycles. The quantitative estimate of drug-likeness (QED) is 0.415. The molecule has 0 saturated heterocycles. The van der Waals surface area contributed by atoms with Crippen molar-refractivity contribution in [1.29, 1.82) is 0 Å². The van der Waals surface area contributed by atoms with Gasteiger partial charge in [0.15, 0.2) is 10.9 Å².